The topological polar surface area (TPSA) is 78.5 Å². The molecule has 1 N–H and O–H groups in total. The molecule has 1 amide bonds. The monoisotopic (exact) mass is 426 g/mol. The maximum atomic E-state index is 14.0. The van der Waals surface area contributed by atoms with Gasteiger partial charge in [0.25, 0.3) is 11.5 Å². The second-order valence-corrected chi connectivity index (χ2v) is 8.62. The van der Waals surface area contributed by atoms with Crippen LogP contribution in [0.3, 0.4) is 0 Å². The van der Waals surface area contributed by atoms with Crippen LogP contribution in [0.2, 0.25) is 0 Å². The molecule has 0 spiro atoms. The van der Waals surface area contributed by atoms with Crippen LogP contribution >= 0.6 is 0 Å². The van der Waals surface area contributed by atoms with Gasteiger partial charge in [0.2, 0.25) is 0 Å². The molecule has 2 saturated heterocycles. The summed E-state index contributed by atoms with van der Waals surface area (Å²) in [5, 5.41) is 0. The largest absolute Gasteiger partial charge is 0.368 e. The molecule has 164 valence electrons. The molecule has 31 heavy (non-hydrogen) atoms. The number of fused-ring (bicyclic) bond motifs is 1. The zero-order chi connectivity index (χ0) is 21.4. The minimum Gasteiger partial charge on any atom is -0.368 e. The average Bonchev–Trinajstić information content (AvgIpc) is 3.48. The van der Waals surface area contributed by atoms with Crippen molar-refractivity contribution in [1.29, 1.82) is 0 Å². The molecular weight excluding hydrogens is 399 g/mol. The van der Waals surface area contributed by atoms with E-state index in [1.807, 2.05) is 11.0 Å². The Labute approximate surface area is 180 Å². The van der Waals surface area contributed by atoms with E-state index in [2.05, 4.69) is 9.88 Å². The molecule has 0 saturated carbocycles. The third kappa shape index (κ3) is 4.02. The van der Waals surface area contributed by atoms with Crippen molar-refractivity contribution in [2.24, 2.45) is 0 Å². The summed E-state index contributed by atoms with van der Waals surface area (Å²) < 4.78 is 19.6. The second kappa shape index (κ2) is 8.51. The molecule has 2 fully saturated rings. The van der Waals surface area contributed by atoms with Gasteiger partial charge in [-0.3, -0.25) is 14.5 Å². The Morgan fingerprint density at radius 2 is 2.10 bits per heavy atom. The molecule has 0 unspecified atom stereocenters. The Kier molecular flexibility index (Phi) is 5.58. The molecule has 3 aliphatic rings. The number of aromatic nitrogens is 2. The van der Waals surface area contributed by atoms with Gasteiger partial charge in [0, 0.05) is 44.8 Å². The van der Waals surface area contributed by atoms with Gasteiger partial charge in [-0.15, -0.1) is 0 Å². The van der Waals surface area contributed by atoms with Crippen LogP contribution in [-0.2, 0) is 29.0 Å². The van der Waals surface area contributed by atoms with Gasteiger partial charge in [-0.1, -0.05) is 18.2 Å². The van der Waals surface area contributed by atoms with Crippen LogP contribution in [0.25, 0.3) is 0 Å². The van der Waals surface area contributed by atoms with Gasteiger partial charge in [0.1, 0.15) is 17.7 Å². The summed E-state index contributed by atoms with van der Waals surface area (Å²) in [4.78, 5) is 37.4. The predicted molar refractivity (Wildman–Crippen MR) is 112 cm³/mol. The number of H-pyrrole nitrogens is 1. The van der Waals surface area contributed by atoms with Gasteiger partial charge >= 0.3 is 0 Å². The van der Waals surface area contributed by atoms with Crippen molar-refractivity contribution in [1.82, 2.24) is 19.8 Å². The maximum Gasteiger partial charge on any atom is 0.255 e. The molecule has 7 nitrogen and oxygen atoms in total. The Morgan fingerprint density at radius 1 is 1.23 bits per heavy atom. The summed E-state index contributed by atoms with van der Waals surface area (Å²) in [6.45, 7) is 2.91. The minimum atomic E-state index is -0.364. The number of halogens is 1. The number of aromatic amines is 1. The van der Waals surface area contributed by atoms with Crippen LogP contribution in [0.15, 0.2) is 29.1 Å². The number of ether oxygens (including phenoxy) is 1. The van der Waals surface area contributed by atoms with Crippen molar-refractivity contribution < 1.29 is 13.9 Å². The molecule has 2 aromatic rings. The van der Waals surface area contributed by atoms with Gasteiger partial charge < -0.3 is 14.6 Å². The van der Waals surface area contributed by atoms with Crippen molar-refractivity contribution in [3.05, 3.63) is 63.1 Å². The minimum absolute atomic E-state index is 0.0106. The molecule has 0 bridgehead atoms. The smallest absolute Gasteiger partial charge is 0.255 e. The number of benzene rings is 1. The molecule has 2 atom stereocenters. The highest BCUT2D eigenvalue weighted by molar-refractivity contribution is 5.81. The number of likely N-dealkylation sites (tertiary alicyclic amines) is 1. The lowest BCUT2D eigenvalue weighted by Crippen LogP contribution is -2.40. The summed E-state index contributed by atoms with van der Waals surface area (Å²) in [5.74, 6) is 0.361. The first-order valence-corrected chi connectivity index (χ1v) is 11.1. The van der Waals surface area contributed by atoms with Gasteiger partial charge in [-0.25, -0.2) is 9.37 Å². The second-order valence-electron chi connectivity index (χ2n) is 8.62. The summed E-state index contributed by atoms with van der Waals surface area (Å²) >= 11 is 0. The third-order valence-corrected chi connectivity index (χ3v) is 6.57. The predicted octanol–water partition coefficient (Wildman–Crippen LogP) is 2.31. The number of hydrogen-bond acceptors (Lipinski definition) is 5. The van der Waals surface area contributed by atoms with Crippen molar-refractivity contribution in [3.63, 3.8) is 0 Å². The van der Waals surface area contributed by atoms with E-state index in [0.29, 0.717) is 56.2 Å². The van der Waals surface area contributed by atoms with E-state index in [-0.39, 0.29) is 29.4 Å². The van der Waals surface area contributed by atoms with Crippen molar-refractivity contribution in [2.75, 3.05) is 19.7 Å². The third-order valence-electron chi connectivity index (χ3n) is 6.57. The Hall–Kier alpha value is -2.58. The number of rotatable bonds is 4. The highest BCUT2D eigenvalue weighted by Crippen LogP contribution is 2.32. The fraction of sp³-hybridized carbons (Fsp3) is 0.522. The first kappa shape index (κ1) is 20.3. The lowest BCUT2D eigenvalue weighted by Gasteiger charge is -2.30. The molecule has 0 aliphatic carbocycles. The first-order chi connectivity index (χ1) is 15.1. The van der Waals surface area contributed by atoms with Gasteiger partial charge in [0.05, 0.1) is 17.3 Å². The maximum absolute atomic E-state index is 14.0. The zero-order valence-corrected chi connectivity index (χ0v) is 17.5. The number of amides is 1. The van der Waals surface area contributed by atoms with E-state index in [0.717, 1.165) is 31.4 Å². The molecule has 1 aromatic carbocycles. The standard InChI is InChI=1S/C23H27FN4O3/c24-17-6-2-1-5-15(17)13-27-11-9-18-16(14-27)22(29)26-21(25-18)19-7-3-10-28(19)23(30)20-8-4-12-31-20/h1-2,5-6,19-20H,3-4,7-14H2,(H,25,26,29)/t19-,20+/m1/s1. The zero-order valence-electron chi connectivity index (χ0n) is 17.5. The van der Waals surface area contributed by atoms with E-state index in [1.54, 1.807) is 12.1 Å². The van der Waals surface area contributed by atoms with Crippen molar-refractivity contribution in [2.45, 2.75) is 57.3 Å². The molecule has 5 rings (SSSR count). The van der Waals surface area contributed by atoms with E-state index in [4.69, 9.17) is 9.72 Å². The van der Waals surface area contributed by atoms with Crippen LogP contribution in [0.5, 0.6) is 0 Å². The quantitative estimate of drug-likeness (QED) is 0.812. The van der Waals surface area contributed by atoms with E-state index in [1.165, 1.54) is 6.07 Å². The lowest BCUT2D eigenvalue weighted by atomic mass is 10.0. The van der Waals surface area contributed by atoms with Gasteiger partial charge in [-0.05, 0) is 31.7 Å². The van der Waals surface area contributed by atoms with E-state index in [9.17, 15) is 14.0 Å². The summed E-state index contributed by atoms with van der Waals surface area (Å²) in [7, 11) is 0. The summed E-state index contributed by atoms with van der Waals surface area (Å²) in [6.07, 6.45) is 3.62. The number of hydrogen-bond donors (Lipinski definition) is 1. The Bertz CT molecular complexity index is 1030. The number of nitrogens with one attached hydrogen (secondary N) is 1. The van der Waals surface area contributed by atoms with Crippen LogP contribution in [0.4, 0.5) is 4.39 Å². The normalized spacial score (nSPS) is 23.8. The van der Waals surface area contributed by atoms with Crippen LogP contribution in [0.1, 0.15) is 54.4 Å². The molecule has 4 heterocycles. The Balaban J connectivity index is 1.34. The molecule has 1 aromatic heterocycles. The first-order valence-electron chi connectivity index (χ1n) is 11.1. The number of nitrogens with zero attached hydrogens (tertiary/aromatic N) is 3. The molecular formula is C23H27FN4O3. The Morgan fingerprint density at radius 3 is 2.90 bits per heavy atom. The van der Waals surface area contributed by atoms with E-state index >= 15 is 0 Å². The molecule has 8 heteroatoms. The van der Waals surface area contributed by atoms with Crippen molar-refractivity contribution in [3.8, 4) is 0 Å². The SMILES string of the molecule is O=C([C@@H]1CCCO1)N1CCC[C@@H]1c1nc2c(c(=O)[nH]1)CN(Cc1ccccc1F)CC2. The van der Waals surface area contributed by atoms with Crippen LogP contribution < -0.4 is 5.56 Å². The highest BCUT2D eigenvalue weighted by atomic mass is 19.1. The van der Waals surface area contributed by atoms with Crippen LogP contribution in [-0.4, -0.2) is 51.5 Å². The fourth-order valence-corrected chi connectivity index (χ4v) is 4.93. The van der Waals surface area contributed by atoms with Gasteiger partial charge in [0.15, 0.2) is 0 Å². The summed E-state index contributed by atoms with van der Waals surface area (Å²) in [5.41, 5.74) is 1.90. The van der Waals surface area contributed by atoms with Crippen molar-refractivity contribution >= 4 is 5.91 Å². The average molecular weight is 426 g/mol. The molecule has 3 aliphatic heterocycles. The molecule has 0 radical (unpaired) electrons. The van der Waals surface area contributed by atoms with E-state index < -0.39 is 0 Å². The van der Waals surface area contributed by atoms with Gasteiger partial charge in [-0.2, -0.15) is 0 Å². The fourth-order valence-electron chi connectivity index (χ4n) is 4.93. The number of carbonyl (C=O) groups excluding carboxylic acids is 1. The number of carbonyl (C=O) groups is 1. The summed E-state index contributed by atoms with van der Waals surface area (Å²) in [6, 6.07) is 6.53. The van der Waals surface area contributed by atoms with Crippen LogP contribution in [0, 0.1) is 5.82 Å². The highest BCUT2D eigenvalue weighted by Gasteiger charge is 2.37. The lowest BCUT2D eigenvalue weighted by molar-refractivity contribution is -0.142.